The van der Waals surface area contributed by atoms with Crippen LogP contribution in [0.3, 0.4) is 0 Å². The standard InChI is InChI=1S/C32H36FN7O5.C31H35FN8O5.C31H36FN7O4/c33-26-17-40(32(43)27(42)18-41)10-8-29(26)45-28-6-1-21(15-22(28)16-34)31-35-9-7-30(37-31)36-23-2-4-24(5-3-23)38-11-13-39(14-12-38)25-19-44-20-25;32-24-16-40(31(43)25(42)17-41)8-6-27(24)45-26-3-1-20(13-21(26)14-33)30-34-7-5-28(37-30)36-22-2-4-29(35-15-22)39-11-9-38(10-12-39)23-18-44-19-23;1-20-17-37(2)12-13-39(20)25-6-5-23(15-28(25)42-3)35-29-8-10-34-31(36-29)21-4-7-26(22(14-21)16-33)43-27-9-11-38(18-24(27)32)30(41)19-40/h1-7,9,15,25-27,29,41-42H,8,10-14,17-20H2,(H,35,36,37);1-5,7,13,15,23-25,27,41-42H,6,8-12,16-19H2,(H,34,36,37);4-8,10,14-15,20,24,27,40H,9,11-13,17-19H2,1-3H3,(H,34,35,36)/t26-,27+,29+;24-,25+,27+;20-,24+,27-/m110/s1. The molecule has 9 aromatic rings. The molecule has 0 radical (unpaired) electrons. The Morgan fingerprint density at radius 3 is 1.30 bits per heavy atom. The number of carbonyl (C=O) groups excluding carboxylic acids is 3. The van der Waals surface area contributed by atoms with Crippen LogP contribution in [0.15, 0.2) is 152 Å². The molecule has 8 fully saturated rings. The van der Waals surface area contributed by atoms with Crippen LogP contribution in [-0.4, -0.2) is 346 Å². The van der Waals surface area contributed by atoms with E-state index in [1.54, 1.807) is 105 Å². The van der Waals surface area contributed by atoms with Crippen LogP contribution in [0.2, 0.25) is 0 Å². The van der Waals surface area contributed by atoms with Crippen molar-refractivity contribution in [3.8, 4) is 75.4 Å². The summed E-state index contributed by atoms with van der Waals surface area (Å²) >= 11 is 0. The van der Waals surface area contributed by atoms with Gasteiger partial charge in [0.25, 0.3) is 11.8 Å². The molecule has 0 unspecified atom stereocenters. The van der Waals surface area contributed by atoms with Crippen LogP contribution in [0, 0.1) is 34.0 Å². The summed E-state index contributed by atoms with van der Waals surface area (Å²) in [5, 5.41) is 85.5. The molecule has 0 aliphatic carbocycles. The minimum absolute atomic E-state index is 0.153. The lowest BCUT2D eigenvalue weighted by Crippen LogP contribution is -2.56. The quantitative estimate of drug-likeness (QED) is 0.0286. The SMILES string of the molecule is COc1cc(Nc2ccnc(-c3ccc(O[C@H]4CCN(C(=O)CO)C[C@H]4F)c(C#N)c3)n2)ccc1N1CCN(C)C[C@@H]1C.N#Cc1cc(-c2nccc(Nc3ccc(N4CCN(C5COC5)CC4)cc3)n2)ccc1O[C@H]1CCN(C(=O)[C@@H](O)CO)C[C@H]1F.N#Cc1cc(-c2nccc(Nc3ccc(N4CCN(C5COC5)CC4)nc3)n2)ccc1O[C@H]1CCN(C(=O)[C@@H](O)CO)C[C@H]1F. The van der Waals surface area contributed by atoms with Crippen LogP contribution in [0.25, 0.3) is 34.2 Å². The molecule has 698 valence electrons. The molecule has 5 aromatic carbocycles. The van der Waals surface area contributed by atoms with Gasteiger partial charge in [0.2, 0.25) is 5.91 Å². The van der Waals surface area contributed by atoms with Gasteiger partial charge in [-0.25, -0.2) is 48.1 Å². The Morgan fingerprint density at radius 1 is 0.481 bits per heavy atom. The van der Waals surface area contributed by atoms with E-state index in [2.05, 4.69) is 131 Å². The van der Waals surface area contributed by atoms with E-state index in [1.165, 1.54) is 15.5 Å². The number of aliphatic hydroxyl groups is 5. The number of hydrogen-bond donors (Lipinski definition) is 8. The van der Waals surface area contributed by atoms with E-state index in [0.29, 0.717) is 69.7 Å². The molecule has 8 aliphatic rings. The highest BCUT2D eigenvalue weighted by Gasteiger charge is 2.40. The summed E-state index contributed by atoms with van der Waals surface area (Å²) in [6.07, 6.45) is -2.99. The fourth-order valence-electron chi connectivity index (χ4n) is 17.0. The first kappa shape index (κ1) is 94.4. The highest BCUT2D eigenvalue weighted by atomic mass is 19.1. The van der Waals surface area contributed by atoms with Crippen molar-refractivity contribution in [1.82, 2.24) is 64.3 Å². The maximum atomic E-state index is 14.9. The Morgan fingerprint density at radius 2 is 0.902 bits per heavy atom. The van der Waals surface area contributed by atoms with Crippen molar-refractivity contribution in [2.45, 2.75) is 93.3 Å². The highest BCUT2D eigenvalue weighted by molar-refractivity contribution is 5.82. The smallest absolute Gasteiger partial charge is 0.253 e. The molecule has 133 heavy (non-hydrogen) atoms. The fourth-order valence-corrected chi connectivity index (χ4v) is 17.0. The second-order valence-electron chi connectivity index (χ2n) is 33.6. The number of methoxy groups -OCH3 is 1. The molecule has 4 aromatic heterocycles. The van der Waals surface area contributed by atoms with E-state index in [0.717, 1.165) is 138 Å². The Hall–Kier alpha value is -13.2. The average molecular weight is 1830 g/mol. The number of carbonyl (C=O) groups is 3. The second kappa shape index (κ2) is 44.3. The Balaban J connectivity index is 0.000000152. The van der Waals surface area contributed by atoms with Gasteiger partial charge in [0.15, 0.2) is 48.2 Å². The van der Waals surface area contributed by atoms with Crippen LogP contribution in [0.5, 0.6) is 23.0 Å². The molecule has 0 spiro atoms. The van der Waals surface area contributed by atoms with Crippen molar-refractivity contribution in [2.75, 3.05) is 202 Å². The van der Waals surface area contributed by atoms with Gasteiger partial charge in [-0.3, -0.25) is 24.2 Å². The molecular weight excluding hydrogens is 1720 g/mol. The second-order valence-corrected chi connectivity index (χ2v) is 33.6. The largest absolute Gasteiger partial charge is 0.495 e. The topological polar surface area (TPSA) is 435 Å². The van der Waals surface area contributed by atoms with E-state index in [9.17, 15) is 53.6 Å². The van der Waals surface area contributed by atoms with Crippen LogP contribution in [-0.2, 0) is 23.9 Å². The fraction of sp³-hybridized carbons (Fsp3) is 0.436. The van der Waals surface area contributed by atoms with Crippen molar-refractivity contribution in [3.05, 3.63) is 169 Å². The zero-order valence-electron chi connectivity index (χ0n) is 73.9. The predicted octanol–water partition coefficient (Wildman–Crippen LogP) is 6.51. The molecule has 17 rings (SSSR count). The van der Waals surface area contributed by atoms with E-state index in [4.69, 9.17) is 43.7 Å². The Labute approximate surface area is 767 Å². The number of nitrogens with zero attached hydrogens (tertiary/aromatic N) is 19. The number of rotatable bonds is 26. The number of pyridine rings is 1. The van der Waals surface area contributed by atoms with Gasteiger partial charge in [0, 0.05) is 175 Å². The van der Waals surface area contributed by atoms with E-state index in [1.807, 2.05) is 36.4 Å². The van der Waals surface area contributed by atoms with Gasteiger partial charge in [-0.2, -0.15) is 15.8 Å². The van der Waals surface area contributed by atoms with Gasteiger partial charge in [-0.15, -0.1) is 0 Å². The van der Waals surface area contributed by atoms with Gasteiger partial charge in [-0.1, -0.05) is 0 Å². The van der Waals surface area contributed by atoms with Gasteiger partial charge in [0.05, 0.1) is 113 Å². The van der Waals surface area contributed by atoms with Crippen LogP contribution in [0.1, 0.15) is 42.9 Å². The zero-order chi connectivity index (χ0) is 93.2. The summed E-state index contributed by atoms with van der Waals surface area (Å²) in [6.45, 7) is 14.1. The summed E-state index contributed by atoms with van der Waals surface area (Å²) in [6, 6.07) is 46.0. The minimum Gasteiger partial charge on any atom is -0.495 e. The third-order valence-electron chi connectivity index (χ3n) is 24.7. The number of hydrogen-bond acceptors (Lipinski definition) is 33. The number of nitriles is 3. The number of piperidine rings is 3. The number of ether oxygens (including phenoxy) is 6. The molecular formula is C94H107F3N22O14. The number of aromatic nitrogens is 7. The highest BCUT2D eigenvalue weighted by Crippen LogP contribution is 2.38. The maximum Gasteiger partial charge on any atom is 0.253 e. The number of anilines is 9. The van der Waals surface area contributed by atoms with Gasteiger partial charge in [-0.05, 0) is 135 Å². The number of benzene rings is 5. The van der Waals surface area contributed by atoms with E-state index >= 15 is 0 Å². The molecule has 39 heteroatoms. The predicted molar refractivity (Wildman–Crippen MR) is 486 cm³/mol. The normalized spacial score (nSPS) is 21.2. The van der Waals surface area contributed by atoms with Crippen LogP contribution >= 0.6 is 0 Å². The van der Waals surface area contributed by atoms with Crippen LogP contribution < -0.4 is 49.6 Å². The summed E-state index contributed by atoms with van der Waals surface area (Å²) in [7, 11) is 3.80. The van der Waals surface area contributed by atoms with E-state index in [-0.39, 0.29) is 92.5 Å². The van der Waals surface area contributed by atoms with E-state index < -0.39 is 86.6 Å². The molecule has 9 atom stereocenters. The number of halogens is 3. The third-order valence-corrected chi connectivity index (χ3v) is 24.7. The number of piperazine rings is 3. The lowest BCUT2D eigenvalue weighted by atomic mass is 10.0. The van der Waals surface area contributed by atoms with Crippen molar-refractivity contribution in [1.29, 1.82) is 15.8 Å². The molecule has 3 amide bonds. The lowest BCUT2D eigenvalue weighted by Gasteiger charge is -2.43. The molecule has 8 aliphatic heterocycles. The van der Waals surface area contributed by atoms with Crippen molar-refractivity contribution < 1.29 is 81.5 Å². The van der Waals surface area contributed by atoms with Gasteiger partial charge >= 0.3 is 0 Å². The monoisotopic (exact) mass is 1820 g/mol. The Bertz CT molecular complexity index is 5400. The number of amides is 3. The third kappa shape index (κ3) is 23.4. The zero-order valence-corrected chi connectivity index (χ0v) is 73.9. The molecule has 8 N–H and O–H groups in total. The first-order valence-electron chi connectivity index (χ1n) is 44.4. The molecule has 0 saturated carbocycles. The first-order valence-corrected chi connectivity index (χ1v) is 44.4. The summed E-state index contributed by atoms with van der Waals surface area (Å²) in [5.41, 5.74) is 7.09. The number of nitrogens with one attached hydrogen (secondary N) is 3. The summed E-state index contributed by atoms with van der Waals surface area (Å²) in [4.78, 5) is 85.5. The average Bonchev–Trinajstić information content (AvgIpc) is 0.802. The number of likely N-dealkylation sites (tertiary alicyclic amines) is 3. The summed E-state index contributed by atoms with van der Waals surface area (Å²) < 4.78 is 78.5. The molecule has 12 heterocycles. The lowest BCUT2D eigenvalue weighted by molar-refractivity contribution is -0.146. The van der Waals surface area contributed by atoms with Crippen molar-refractivity contribution in [3.63, 3.8) is 0 Å². The molecule has 36 nitrogen and oxygen atoms in total. The van der Waals surface area contributed by atoms with Gasteiger partial charge in [0.1, 0.15) is 89.4 Å². The Kier molecular flexibility index (Phi) is 31.5. The first-order chi connectivity index (χ1) is 64.6. The maximum absolute atomic E-state index is 14.9. The molecule has 0 bridgehead atoms. The van der Waals surface area contributed by atoms with Gasteiger partial charge < -0.3 is 104 Å². The number of likely N-dealkylation sites (N-methyl/N-ethyl adjacent to an activating group) is 1. The number of alkyl halides is 3. The van der Waals surface area contributed by atoms with Crippen molar-refractivity contribution in [2.24, 2.45) is 0 Å². The minimum atomic E-state index is -1.58. The van der Waals surface area contributed by atoms with Crippen molar-refractivity contribution >= 4 is 69.4 Å². The summed E-state index contributed by atoms with van der Waals surface area (Å²) in [5.74, 6) is 3.32. The van der Waals surface area contributed by atoms with Crippen LogP contribution in [0.4, 0.5) is 64.9 Å². The number of aliphatic hydroxyl groups excluding tert-OH is 5. The molecule has 8 saturated heterocycles.